The van der Waals surface area contributed by atoms with Crippen molar-refractivity contribution >= 4 is 17.8 Å². The number of allylic oxidation sites excluding steroid dienone is 4. The molecular formula is C45H84N2O5. The molecule has 0 saturated heterocycles. The summed E-state index contributed by atoms with van der Waals surface area (Å²) in [6.07, 6.45) is 42.4. The van der Waals surface area contributed by atoms with Crippen molar-refractivity contribution in [1.29, 1.82) is 0 Å². The van der Waals surface area contributed by atoms with Gasteiger partial charge in [-0.3, -0.25) is 14.4 Å². The summed E-state index contributed by atoms with van der Waals surface area (Å²) in [5.41, 5.74) is 0. The van der Waals surface area contributed by atoms with Gasteiger partial charge in [0, 0.05) is 25.8 Å². The van der Waals surface area contributed by atoms with E-state index in [4.69, 9.17) is 9.47 Å². The third-order valence-electron chi connectivity index (χ3n) is 9.66. The van der Waals surface area contributed by atoms with Crippen LogP contribution in [0.1, 0.15) is 200 Å². The zero-order valence-electron chi connectivity index (χ0n) is 34.8. The topological polar surface area (TPSA) is 76.1 Å². The maximum Gasteiger partial charge on any atom is 0.305 e. The number of ether oxygens (including phenoxy) is 2. The number of carbonyl (C=O) groups excluding carboxylic acids is 3. The summed E-state index contributed by atoms with van der Waals surface area (Å²) in [4.78, 5) is 41.1. The standard InChI is InChI=1S/C45H84N2O5/c1-5-7-9-11-13-15-17-19-21-23-25-27-29-31-33-35-44(49)51-41-39-47(43(48)37-38-46(3)4)40-42-52-45(50)36-34-32-30-28-26-24-22-20-18-16-14-12-10-8-6-2/h19-22H,5-18,23-42H2,1-4H3/b21-19-,22-20-. The molecule has 0 aliphatic carbocycles. The molecule has 0 aromatic carbocycles. The Morgan fingerprint density at radius 2 is 0.750 bits per heavy atom. The maximum atomic E-state index is 12.9. The minimum absolute atomic E-state index is 0.0182. The summed E-state index contributed by atoms with van der Waals surface area (Å²) < 4.78 is 10.9. The van der Waals surface area contributed by atoms with Crippen molar-refractivity contribution < 1.29 is 23.9 Å². The van der Waals surface area contributed by atoms with Crippen LogP contribution < -0.4 is 0 Å². The van der Waals surface area contributed by atoms with Gasteiger partial charge < -0.3 is 19.3 Å². The molecule has 0 aromatic heterocycles. The third kappa shape index (κ3) is 37.6. The summed E-state index contributed by atoms with van der Waals surface area (Å²) in [5.74, 6) is -0.426. The van der Waals surface area contributed by atoms with Gasteiger partial charge >= 0.3 is 11.9 Å². The van der Waals surface area contributed by atoms with Crippen LogP contribution in [-0.2, 0) is 23.9 Å². The minimum Gasteiger partial charge on any atom is -0.464 e. The van der Waals surface area contributed by atoms with E-state index in [0.717, 1.165) is 51.4 Å². The van der Waals surface area contributed by atoms with Crippen LogP contribution in [-0.4, -0.2) is 74.6 Å². The molecule has 0 rings (SSSR count). The van der Waals surface area contributed by atoms with Gasteiger partial charge in [-0.25, -0.2) is 0 Å². The predicted octanol–water partition coefficient (Wildman–Crippen LogP) is 11.9. The normalized spacial score (nSPS) is 11.6. The molecule has 52 heavy (non-hydrogen) atoms. The first-order chi connectivity index (χ1) is 25.4. The SMILES string of the molecule is CCCCCCCC/C=C\CCCCCCCC(=O)OCCN(CCOC(=O)CCCCCCC/C=C\CCCCCCCC)C(=O)CCN(C)C. The van der Waals surface area contributed by atoms with E-state index in [9.17, 15) is 14.4 Å². The smallest absolute Gasteiger partial charge is 0.305 e. The second-order valence-electron chi connectivity index (χ2n) is 15.0. The highest BCUT2D eigenvalue weighted by Crippen LogP contribution is 2.12. The number of amides is 1. The van der Waals surface area contributed by atoms with Crippen molar-refractivity contribution in [3.05, 3.63) is 24.3 Å². The zero-order valence-corrected chi connectivity index (χ0v) is 34.8. The quantitative estimate of drug-likeness (QED) is 0.0356. The average molecular weight is 733 g/mol. The highest BCUT2D eigenvalue weighted by molar-refractivity contribution is 5.76. The van der Waals surface area contributed by atoms with Crippen LogP contribution in [0.15, 0.2) is 24.3 Å². The molecule has 0 unspecified atom stereocenters. The van der Waals surface area contributed by atoms with Crippen molar-refractivity contribution in [3.8, 4) is 0 Å². The van der Waals surface area contributed by atoms with Crippen LogP contribution in [0.2, 0.25) is 0 Å². The molecule has 7 nitrogen and oxygen atoms in total. The Bertz CT molecular complexity index is 814. The zero-order chi connectivity index (χ0) is 38.2. The van der Waals surface area contributed by atoms with Crippen molar-refractivity contribution in [3.63, 3.8) is 0 Å². The molecule has 0 N–H and O–H groups in total. The molecule has 0 saturated carbocycles. The van der Waals surface area contributed by atoms with Gasteiger partial charge in [0.25, 0.3) is 0 Å². The van der Waals surface area contributed by atoms with E-state index in [0.29, 0.717) is 38.9 Å². The van der Waals surface area contributed by atoms with Gasteiger partial charge in [-0.2, -0.15) is 0 Å². The van der Waals surface area contributed by atoms with Crippen molar-refractivity contribution in [2.24, 2.45) is 0 Å². The lowest BCUT2D eigenvalue weighted by Crippen LogP contribution is -2.38. The Morgan fingerprint density at radius 3 is 1.10 bits per heavy atom. The van der Waals surface area contributed by atoms with Crippen LogP contribution in [0.4, 0.5) is 0 Å². The van der Waals surface area contributed by atoms with E-state index in [1.807, 2.05) is 19.0 Å². The molecular weight excluding hydrogens is 649 g/mol. The lowest BCUT2D eigenvalue weighted by atomic mass is 10.1. The number of esters is 2. The summed E-state index contributed by atoms with van der Waals surface area (Å²) in [7, 11) is 3.87. The monoisotopic (exact) mass is 733 g/mol. The van der Waals surface area contributed by atoms with Crippen LogP contribution in [0, 0.1) is 0 Å². The Balaban J connectivity index is 3.99. The molecule has 1 amide bonds. The molecule has 0 spiro atoms. The fourth-order valence-corrected chi connectivity index (χ4v) is 6.20. The average Bonchev–Trinajstić information content (AvgIpc) is 3.13. The number of hydrogen-bond acceptors (Lipinski definition) is 6. The largest absolute Gasteiger partial charge is 0.464 e. The van der Waals surface area contributed by atoms with Gasteiger partial charge in [-0.05, 0) is 78.3 Å². The van der Waals surface area contributed by atoms with Gasteiger partial charge in [0.1, 0.15) is 13.2 Å². The molecule has 0 aliphatic rings. The minimum atomic E-state index is -0.204. The third-order valence-corrected chi connectivity index (χ3v) is 9.66. The Hall–Kier alpha value is -2.15. The lowest BCUT2D eigenvalue weighted by molar-refractivity contribution is -0.147. The Kier molecular flexibility index (Phi) is 38.4. The van der Waals surface area contributed by atoms with E-state index in [1.165, 1.54) is 116 Å². The lowest BCUT2D eigenvalue weighted by Gasteiger charge is -2.23. The van der Waals surface area contributed by atoms with E-state index >= 15 is 0 Å². The molecule has 0 atom stereocenters. The van der Waals surface area contributed by atoms with Crippen LogP contribution in [0.3, 0.4) is 0 Å². The molecule has 304 valence electrons. The van der Waals surface area contributed by atoms with E-state index in [2.05, 4.69) is 38.2 Å². The Labute approximate surface area is 322 Å². The predicted molar refractivity (Wildman–Crippen MR) is 221 cm³/mol. The molecule has 0 heterocycles. The summed E-state index contributed by atoms with van der Waals surface area (Å²) in [6.45, 7) is 6.13. The second kappa shape index (κ2) is 40.0. The molecule has 0 fully saturated rings. The Morgan fingerprint density at radius 1 is 0.423 bits per heavy atom. The number of hydrogen-bond donors (Lipinski definition) is 0. The fraction of sp³-hybridized carbons (Fsp3) is 0.844. The number of nitrogens with zero attached hydrogens (tertiary/aromatic N) is 2. The van der Waals surface area contributed by atoms with Gasteiger partial charge in [-0.1, -0.05) is 141 Å². The first-order valence-electron chi connectivity index (χ1n) is 21.9. The molecule has 0 aliphatic heterocycles. The van der Waals surface area contributed by atoms with Gasteiger partial charge in [0.05, 0.1) is 13.1 Å². The number of carbonyl (C=O) groups is 3. The van der Waals surface area contributed by atoms with E-state index in [1.54, 1.807) is 4.90 Å². The number of unbranched alkanes of at least 4 members (excludes halogenated alkanes) is 22. The van der Waals surface area contributed by atoms with Gasteiger partial charge in [0.2, 0.25) is 5.91 Å². The van der Waals surface area contributed by atoms with Gasteiger partial charge in [-0.15, -0.1) is 0 Å². The van der Waals surface area contributed by atoms with Crippen LogP contribution in [0.25, 0.3) is 0 Å². The van der Waals surface area contributed by atoms with E-state index in [-0.39, 0.29) is 31.1 Å². The summed E-state index contributed by atoms with van der Waals surface area (Å²) >= 11 is 0. The van der Waals surface area contributed by atoms with Crippen molar-refractivity contribution in [2.45, 2.75) is 200 Å². The first-order valence-corrected chi connectivity index (χ1v) is 21.9. The molecule has 0 bridgehead atoms. The maximum absolute atomic E-state index is 12.9. The second-order valence-corrected chi connectivity index (χ2v) is 15.0. The highest BCUT2D eigenvalue weighted by Gasteiger charge is 2.15. The van der Waals surface area contributed by atoms with Crippen LogP contribution >= 0.6 is 0 Å². The molecule has 0 radical (unpaired) electrons. The highest BCUT2D eigenvalue weighted by atomic mass is 16.5. The van der Waals surface area contributed by atoms with Crippen LogP contribution in [0.5, 0.6) is 0 Å². The summed E-state index contributed by atoms with van der Waals surface area (Å²) in [6, 6.07) is 0. The first kappa shape index (κ1) is 49.9. The molecule has 7 heteroatoms. The van der Waals surface area contributed by atoms with Crippen molar-refractivity contribution in [2.75, 3.05) is 46.9 Å². The molecule has 0 aromatic rings. The van der Waals surface area contributed by atoms with E-state index < -0.39 is 0 Å². The van der Waals surface area contributed by atoms with Crippen molar-refractivity contribution in [1.82, 2.24) is 9.80 Å². The summed E-state index contributed by atoms with van der Waals surface area (Å²) in [5, 5.41) is 0. The number of rotatable bonds is 39. The van der Waals surface area contributed by atoms with Gasteiger partial charge in [0.15, 0.2) is 0 Å². The fourth-order valence-electron chi connectivity index (χ4n) is 6.20.